The van der Waals surface area contributed by atoms with Crippen LogP contribution in [0.25, 0.3) is 0 Å². The van der Waals surface area contributed by atoms with E-state index in [1.807, 2.05) is 26.0 Å². The molecule has 0 aromatic heterocycles. The Labute approximate surface area is 168 Å². The normalized spacial score (nSPS) is 11.2. The summed E-state index contributed by atoms with van der Waals surface area (Å²) in [7, 11) is 0. The molecule has 2 aromatic rings. The summed E-state index contributed by atoms with van der Waals surface area (Å²) in [6, 6.07) is 12.4. The summed E-state index contributed by atoms with van der Waals surface area (Å²) >= 11 is 0. The summed E-state index contributed by atoms with van der Waals surface area (Å²) in [5.41, 5.74) is 3.68. The Hall–Kier alpha value is -2.74. The number of carbonyl (C=O) groups excluding carboxylic acids is 1. The number of amides is 2. The molecule has 2 rings (SSSR count). The first-order valence-electron chi connectivity index (χ1n) is 9.16. The highest BCUT2D eigenvalue weighted by molar-refractivity contribution is 5.73. The Balaban J connectivity index is 1.63. The van der Waals surface area contributed by atoms with Crippen molar-refractivity contribution in [3.63, 3.8) is 0 Å². The van der Waals surface area contributed by atoms with Crippen LogP contribution in [-0.4, -0.2) is 32.0 Å². The number of hydrogen-bond acceptors (Lipinski definition) is 3. The molecule has 0 saturated carbocycles. The molecule has 0 unspecified atom stereocenters. The fraction of sp³-hybridized carbons (Fsp3) is 0.381. The number of halogens is 3. The Bertz CT molecular complexity index is 772. The molecule has 0 atom stereocenters. The molecule has 0 spiro atoms. The molecule has 158 valence electrons. The third-order valence-electron chi connectivity index (χ3n) is 3.86. The van der Waals surface area contributed by atoms with E-state index >= 15 is 0 Å². The average molecular weight is 410 g/mol. The van der Waals surface area contributed by atoms with Gasteiger partial charge in [0.15, 0.2) is 0 Å². The molecule has 0 aliphatic carbocycles. The molecule has 2 aromatic carbocycles. The molecule has 8 heteroatoms. The molecular formula is C21H25F3N2O3. The van der Waals surface area contributed by atoms with Crippen LogP contribution in [0.15, 0.2) is 42.5 Å². The minimum atomic E-state index is -4.33. The van der Waals surface area contributed by atoms with Gasteiger partial charge in [-0.1, -0.05) is 30.3 Å². The second-order valence-corrected chi connectivity index (χ2v) is 6.71. The molecule has 0 heterocycles. The van der Waals surface area contributed by atoms with E-state index in [1.165, 1.54) is 0 Å². The Morgan fingerprint density at radius 2 is 1.59 bits per heavy atom. The minimum Gasteiger partial charge on any atom is -0.492 e. The third-order valence-corrected chi connectivity index (χ3v) is 3.86. The lowest BCUT2D eigenvalue weighted by Crippen LogP contribution is -2.37. The van der Waals surface area contributed by atoms with Gasteiger partial charge in [0.05, 0.1) is 13.2 Å². The van der Waals surface area contributed by atoms with Crippen molar-refractivity contribution >= 4 is 6.03 Å². The maximum atomic E-state index is 12.0. The van der Waals surface area contributed by atoms with Crippen molar-refractivity contribution in [3.05, 3.63) is 64.7 Å². The predicted molar refractivity (Wildman–Crippen MR) is 104 cm³/mol. The van der Waals surface area contributed by atoms with Gasteiger partial charge in [-0.15, -0.1) is 0 Å². The molecule has 0 bridgehead atoms. The molecule has 5 nitrogen and oxygen atoms in total. The van der Waals surface area contributed by atoms with Crippen molar-refractivity contribution < 1.29 is 27.4 Å². The minimum absolute atomic E-state index is 0.117. The van der Waals surface area contributed by atoms with Crippen LogP contribution < -0.4 is 15.4 Å². The summed E-state index contributed by atoms with van der Waals surface area (Å²) < 4.78 is 46.4. The van der Waals surface area contributed by atoms with Crippen LogP contribution in [0, 0.1) is 13.8 Å². The number of alkyl halides is 3. The molecule has 29 heavy (non-hydrogen) atoms. The Kier molecular flexibility index (Phi) is 8.33. The number of rotatable bonds is 9. The topological polar surface area (TPSA) is 59.6 Å². The second kappa shape index (κ2) is 10.7. The average Bonchev–Trinajstić information content (AvgIpc) is 2.63. The maximum Gasteiger partial charge on any atom is 0.411 e. The van der Waals surface area contributed by atoms with Crippen molar-refractivity contribution in [3.8, 4) is 5.75 Å². The number of urea groups is 1. The van der Waals surface area contributed by atoms with E-state index in [0.29, 0.717) is 25.3 Å². The number of ether oxygens (including phenoxy) is 2. The van der Waals surface area contributed by atoms with Gasteiger partial charge in [0.25, 0.3) is 0 Å². The lowest BCUT2D eigenvalue weighted by atomic mass is 10.1. The van der Waals surface area contributed by atoms with Gasteiger partial charge in [-0.2, -0.15) is 13.2 Å². The highest BCUT2D eigenvalue weighted by Gasteiger charge is 2.27. The number of benzene rings is 2. The van der Waals surface area contributed by atoms with Crippen molar-refractivity contribution in [2.45, 2.75) is 33.2 Å². The van der Waals surface area contributed by atoms with Gasteiger partial charge in [-0.05, 0) is 48.2 Å². The van der Waals surface area contributed by atoms with Gasteiger partial charge in [-0.3, -0.25) is 0 Å². The summed E-state index contributed by atoms with van der Waals surface area (Å²) in [5, 5.41) is 5.42. The van der Waals surface area contributed by atoms with Crippen molar-refractivity contribution in [2.24, 2.45) is 0 Å². The van der Waals surface area contributed by atoms with Crippen LogP contribution in [0.4, 0.5) is 18.0 Å². The molecule has 0 fully saturated rings. The van der Waals surface area contributed by atoms with Gasteiger partial charge < -0.3 is 20.1 Å². The van der Waals surface area contributed by atoms with E-state index in [9.17, 15) is 18.0 Å². The number of hydrogen-bond donors (Lipinski definition) is 2. The first kappa shape index (κ1) is 22.5. The Morgan fingerprint density at radius 1 is 0.966 bits per heavy atom. The van der Waals surface area contributed by atoms with E-state index in [0.717, 1.165) is 22.4 Å². The lowest BCUT2D eigenvalue weighted by Gasteiger charge is -2.11. The zero-order valence-corrected chi connectivity index (χ0v) is 16.4. The first-order chi connectivity index (χ1) is 13.7. The number of carbonyl (C=O) groups is 1. The van der Waals surface area contributed by atoms with Crippen molar-refractivity contribution in [2.75, 3.05) is 19.8 Å². The van der Waals surface area contributed by atoms with Crippen LogP contribution in [0.3, 0.4) is 0 Å². The largest absolute Gasteiger partial charge is 0.492 e. The molecule has 0 aliphatic rings. The summed E-state index contributed by atoms with van der Waals surface area (Å²) in [6.45, 7) is 3.60. The standard InChI is InChI=1S/C21H25F3N2O3/c1-15-9-16(2)11-19(10-15)29-8-7-25-20(27)26-12-17-3-5-18(6-4-17)13-28-14-21(22,23)24/h3-6,9-11H,7-8,12-14H2,1-2H3,(H2,25,26,27). The monoisotopic (exact) mass is 410 g/mol. The van der Waals surface area contributed by atoms with E-state index in [4.69, 9.17) is 4.74 Å². The predicted octanol–water partition coefficient (Wildman–Crippen LogP) is 4.26. The zero-order chi connectivity index (χ0) is 21.3. The van der Waals surface area contributed by atoms with Gasteiger partial charge in [0.1, 0.15) is 19.0 Å². The van der Waals surface area contributed by atoms with Crippen molar-refractivity contribution in [1.29, 1.82) is 0 Å². The van der Waals surface area contributed by atoms with E-state index in [-0.39, 0.29) is 12.6 Å². The van der Waals surface area contributed by atoms with E-state index < -0.39 is 12.8 Å². The fourth-order valence-corrected chi connectivity index (χ4v) is 2.63. The smallest absolute Gasteiger partial charge is 0.411 e. The van der Waals surface area contributed by atoms with Crippen LogP contribution in [0.5, 0.6) is 5.75 Å². The van der Waals surface area contributed by atoms with E-state index in [1.54, 1.807) is 24.3 Å². The summed E-state index contributed by atoms with van der Waals surface area (Å²) in [4.78, 5) is 11.8. The molecule has 0 aliphatic heterocycles. The molecule has 2 amide bonds. The van der Waals surface area contributed by atoms with Crippen LogP contribution in [0.2, 0.25) is 0 Å². The highest BCUT2D eigenvalue weighted by atomic mass is 19.4. The van der Waals surface area contributed by atoms with E-state index in [2.05, 4.69) is 21.4 Å². The van der Waals surface area contributed by atoms with Crippen LogP contribution >= 0.6 is 0 Å². The molecule has 0 radical (unpaired) electrons. The van der Waals surface area contributed by atoms with Gasteiger partial charge in [0.2, 0.25) is 0 Å². The summed E-state index contributed by atoms with van der Waals surface area (Å²) in [6.07, 6.45) is -4.33. The molecule has 2 N–H and O–H groups in total. The number of nitrogens with one attached hydrogen (secondary N) is 2. The summed E-state index contributed by atoms with van der Waals surface area (Å²) in [5.74, 6) is 0.768. The van der Waals surface area contributed by atoms with Crippen LogP contribution in [-0.2, 0) is 17.9 Å². The van der Waals surface area contributed by atoms with Crippen molar-refractivity contribution in [1.82, 2.24) is 10.6 Å². The third kappa shape index (κ3) is 9.34. The maximum absolute atomic E-state index is 12.0. The van der Waals surface area contributed by atoms with Gasteiger partial charge in [-0.25, -0.2) is 4.79 Å². The highest BCUT2D eigenvalue weighted by Crippen LogP contribution is 2.16. The lowest BCUT2D eigenvalue weighted by molar-refractivity contribution is -0.176. The number of aryl methyl sites for hydroxylation is 2. The zero-order valence-electron chi connectivity index (χ0n) is 16.4. The SMILES string of the molecule is Cc1cc(C)cc(OCCNC(=O)NCc2ccc(COCC(F)(F)F)cc2)c1. The Morgan fingerprint density at radius 3 is 2.21 bits per heavy atom. The quantitative estimate of drug-likeness (QED) is 0.608. The molecular weight excluding hydrogens is 385 g/mol. The van der Waals surface area contributed by atoms with Gasteiger partial charge >= 0.3 is 12.2 Å². The second-order valence-electron chi connectivity index (χ2n) is 6.71. The van der Waals surface area contributed by atoms with Gasteiger partial charge in [0, 0.05) is 6.54 Å². The first-order valence-corrected chi connectivity index (χ1v) is 9.16. The van der Waals surface area contributed by atoms with Crippen LogP contribution in [0.1, 0.15) is 22.3 Å². The molecule has 0 saturated heterocycles. The fourth-order valence-electron chi connectivity index (χ4n) is 2.63.